The van der Waals surface area contributed by atoms with Crippen LogP contribution in [0.4, 0.5) is 8.39 Å². The smallest absolute Gasteiger partial charge is 0.280 e. The summed E-state index contributed by atoms with van der Waals surface area (Å²) in [6.45, 7) is 0. The van der Waals surface area contributed by atoms with Crippen LogP contribution in [-0.2, 0) is 0 Å². The average molecular weight is 99.0 g/mol. The highest BCUT2D eigenvalue weighted by atomic mass is 31.2. The lowest BCUT2D eigenvalue weighted by Gasteiger charge is -1.80. The lowest BCUT2D eigenvalue weighted by atomic mass is 11.6. The van der Waals surface area contributed by atoms with E-state index in [0.29, 0.717) is 0 Å². The first-order valence-corrected chi connectivity index (χ1v) is 2.37. The highest BCUT2D eigenvalue weighted by Gasteiger charge is 1.93. The quantitative estimate of drug-likeness (QED) is 0.490. The molecule has 0 aromatic carbocycles. The molecular formula is CH4F2NP. The Morgan fingerprint density at radius 1 is 1.60 bits per heavy atom. The molecule has 0 aliphatic heterocycles. The molecular weight excluding hydrogens is 95.0 g/mol. The van der Waals surface area contributed by atoms with Gasteiger partial charge in [-0.3, -0.25) is 0 Å². The monoisotopic (exact) mass is 99.0 g/mol. The van der Waals surface area contributed by atoms with Gasteiger partial charge in [-0.05, 0) is 0 Å². The molecule has 0 atom stereocenters. The zero-order chi connectivity index (χ0) is 4.28. The van der Waals surface area contributed by atoms with Crippen molar-refractivity contribution in [3.05, 3.63) is 0 Å². The predicted molar refractivity (Wildman–Crippen MR) is 18.2 cm³/mol. The molecule has 5 heavy (non-hydrogen) atoms. The molecule has 32 valence electrons. The topological polar surface area (TPSA) is 26.0 Å². The Balaban J connectivity index is 2.54. The van der Waals surface area contributed by atoms with Crippen LogP contribution < -0.4 is 5.73 Å². The maximum atomic E-state index is 10.7. The molecule has 0 aromatic heterocycles. The minimum atomic E-state index is -2.82. The van der Waals surface area contributed by atoms with Crippen LogP contribution >= 0.6 is 8.54 Å². The Labute approximate surface area is 30.2 Å². The Hall–Kier alpha value is 0.250. The van der Waals surface area contributed by atoms with Gasteiger partial charge in [0.25, 0.3) is 8.54 Å². The van der Waals surface area contributed by atoms with E-state index in [-0.39, 0.29) is 0 Å². The minimum absolute atomic E-state index is 0.463. The summed E-state index contributed by atoms with van der Waals surface area (Å²) in [4.78, 5) is 0. The molecule has 0 aromatic rings. The van der Waals surface area contributed by atoms with Crippen LogP contribution in [-0.4, -0.2) is 6.29 Å². The van der Waals surface area contributed by atoms with Crippen LogP contribution in [0.15, 0.2) is 0 Å². The van der Waals surface area contributed by atoms with Gasteiger partial charge in [-0.25, -0.2) is 0 Å². The van der Waals surface area contributed by atoms with Crippen molar-refractivity contribution in [3.8, 4) is 0 Å². The number of hydrogen-bond acceptors (Lipinski definition) is 1. The maximum Gasteiger partial charge on any atom is 0.280 e. The van der Waals surface area contributed by atoms with Crippen LogP contribution in [0.1, 0.15) is 0 Å². The molecule has 0 aliphatic carbocycles. The van der Waals surface area contributed by atoms with Gasteiger partial charge >= 0.3 is 0 Å². The fourth-order valence-corrected chi connectivity index (χ4v) is 0. The first kappa shape index (κ1) is 5.25. The summed E-state index contributed by atoms with van der Waals surface area (Å²) < 4.78 is 21.4. The maximum absolute atomic E-state index is 10.7. The van der Waals surface area contributed by atoms with Gasteiger partial charge in [0.1, 0.15) is 0 Å². The van der Waals surface area contributed by atoms with E-state index in [9.17, 15) is 8.39 Å². The van der Waals surface area contributed by atoms with E-state index in [1.165, 1.54) is 0 Å². The number of nitrogens with two attached hydrogens (primary N) is 1. The van der Waals surface area contributed by atoms with Crippen molar-refractivity contribution in [2.24, 2.45) is 5.73 Å². The largest absolute Gasteiger partial charge is 0.322 e. The molecule has 0 amide bonds. The number of halogens is 2. The molecule has 1 nitrogen and oxygen atoms in total. The van der Waals surface area contributed by atoms with Crippen molar-refractivity contribution >= 4 is 8.54 Å². The zero-order valence-corrected chi connectivity index (χ0v) is 3.38. The molecule has 0 bridgehead atoms. The molecule has 0 aliphatic rings. The third kappa shape index (κ3) is 4.25. The highest BCUT2D eigenvalue weighted by molar-refractivity contribution is 7.46. The van der Waals surface area contributed by atoms with Crippen molar-refractivity contribution in [2.45, 2.75) is 0 Å². The Kier molecular flexibility index (Phi) is 2.61. The van der Waals surface area contributed by atoms with Gasteiger partial charge in [-0.15, -0.1) is 0 Å². The normalized spacial score (nSPS) is 9.60. The van der Waals surface area contributed by atoms with Gasteiger partial charge in [0.15, 0.2) is 0 Å². The predicted octanol–water partition coefficient (Wildman–Crippen LogP) is 1.15. The molecule has 0 saturated carbocycles. The van der Waals surface area contributed by atoms with Crippen molar-refractivity contribution in [1.29, 1.82) is 0 Å². The summed E-state index contributed by atoms with van der Waals surface area (Å²) in [5, 5.41) is 0. The van der Waals surface area contributed by atoms with E-state index < -0.39 is 14.8 Å². The average Bonchev–Trinajstić information content (AvgIpc) is 1.38. The van der Waals surface area contributed by atoms with Crippen molar-refractivity contribution < 1.29 is 8.39 Å². The van der Waals surface area contributed by atoms with E-state index in [1.54, 1.807) is 0 Å². The molecule has 0 saturated heterocycles. The van der Waals surface area contributed by atoms with Gasteiger partial charge in [0.2, 0.25) is 0 Å². The zero-order valence-electron chi connectivity index (χ0n) is 2.49. The molecule has 0 heterocycles. The summed E-state index contributed by atoms with van der Waals surface area (Å²) in [6.07, 6.45) is -0.463. The number of hydrogen-bond donors (Lipinski definition) is 1. The third-order valence-electron chi connectivity index (χ3n) is 0.138. The van der Waals surface area contributed by atoms with Crippen molar-refractivity contribution in [1.82, 2.24) is 0 Å². The van der Waals surface area contributed by atoms with Crippen LogP contribution in [0, 0.1) is 0 Å². The molecule has 4 heteroatoms. The first-order valence-electron chi connectivity index (χ1n) is 1.06. The molecule has 0 fully saturated rings. The Bertz CT molecular complexity index is 23.6. The summed E-state index contributed by atoms with van der Waals surface area (Å²) in [5.41, 5.74) is 4.45. The molecule has 0 spiro atoms. The summed E-state index contributed by atoms with van der Waals surface area (Å²) >= 11 is 0. The summed E-state index contributed by atoms with van der Waals surface area (Å²) in [5.74, 6) is 0. The van der Waals surface area contributed by atoms with Gasteiger partial charge in [-0.1, -0.05) is 0 Å². The Morgan fingerprint density at radius 2 is 1.80 bits per heavy atom. The Morgan fingerprint density at radius 3 is 1.80 bits per heavy atom. The van der Waals surface area contributed by atoms with Gasteiger partial charge < -0.3 is 5.73 Å². The fraction of sp³-hybridized carbons (Fsp3) is 1.00. The van der Waals surface area contributed by atoms with Crippen LogP contribution in [0.5, 0.6) is 0 Å². The van der Waals surface area contributed by atoms with Gasteiger partial charge in [0.05, 0.1) is 6.29 Å². The standard InChI is InChI=1S/CH4F2NP/c2-5(3)1-4/h1,4H2. The van der Waals surface area contributed by atoms with Gasteiger partial charge in [-0.2, -0.15) is 8.39 Å². The van der Waals surface area contributed by atoms with Crippen LogP contribution in [0.2, 0.25) is 0 Å². The van der Waals surface area contributed by atoms with Crippen LogP contribution in [0.25, 0.3) is 0 Å². The van der Waals surface area contributed by atoms with Crippen molar-refractivity contribution in [3.63, 3.8) is 0 Å². The lowest BCUT2D eigenvalue weighted by Crippen LogP contribution is -1.89. The second-order valence-electron chi connectivity index (χ2n) is 0.486. The minimum Gasteiger partial charge on any atom is -0.322 e. The third-order valence-corrected chi connectivity index (χ3v) is 0.414. The van der Waals surface area contributed by atoms with E-state index >= 15 is 0 Å². The SMILES string of the molecule is NCP(F)F. The van der Waals surface area contributed by atoms with E-state index in [1.807, 2.05) is 0 Å². The molecule has 0 rings (SSSR count). The summed E-state index contributed by atoms with van der Waals surface area (Å²) in [6, 6.07) is 0. The second kappa shape index (κ2) is 2.49. The number of rotatable bonds is 1. The van der Waals surface area contributed by atoms with E-state index in [4.69, 9.17) is 0 Å². The molecule has 0 unspecified atom stereocenters. The van der Waals surface area contributed by atoms with Crippen molar-refractivity contribution in [2.75, 3.05) is 6.29 Å². The molecule has 0 radical (unpaired) electrons. The summed E-state index contributed by atoms with van der Waals surface area (Å²) in [7, 11) is -2.82. The second-order valence-corrected chi connectivity index (χ2v) is 1.46. The lowest BCUT2D eigenvalue weighted by molar-refractivity contribution is 0.742. The fourth-order valence-electron chi connectivity index (χ4n) is 0. The van der Waals surface area contributed by atoms with E-state index in [0.717, 1.165) is 0 Å². The van der Waals surface area contributed by atoms with Crippen LogP contribution in [0.3, 0.4) is 0 Å². The highest BCUT2D eigenvalue weighted by Crippen LogP contribution is 2.35. The first-order chi connectivity index (χ1) is 2.27. The molecule has 2 N–H and O–H groups in total. The van der Waals surface area contributed by atoms with Gasteiger partial charge in [0, 0.05) is 0 Å². The van der Waals surface area contributed by atoms with E-state index in [2.05, 4.69) is 5.73 Å².